The summed E-state index contributed by atoms with van der Waals surface area (Å²) in [5.41, 5.74) is 1.60. The zero-order valence-corrected chi connectivity index (χ0v) is 17.2. The lowest BCUT2D eigenvalue weighted by Crippen LogP contribution is -2.60. The summed E-state index contributed by atoms with van der Waals surface area (Å²) in [4.78, 5) is 17.7. The summed E-state index contributed by atoms with van der Waals surface area (Å²) in [6, 6.07) is 11.5. The molecule has 1 spiro atoms. The molecular formula is C24H36N2O. The van der Waals surface area contributed by atoms with Crippen LogP contribution >= 0.6 is 0 Å². The monoisotopic (exact) mass is 368 g/mol. The van der Waals surface area contributed by atoms with Crippen molar-refractivity contribution < 1.29 is 4.79 Å². The third-order valence-electron chi connectivity index (χ3n) is 7.77. The molecule has 2 saturated heterocycles. The molecule has 3 heteroatoms. The molecule has 3 nitrogen and oxygen atoms in total. The van der Waals surface area contributed by atoms with Crippen LogP contribution in [0.25, 0.3) is 0 Å². The third-order valence-corrected chi connectivity index (χ3v) is 7.77. The summed E-state index contributed by atoms with van der Waals surface area (Å²) in [6.45, 7) is 4.39. The Morgan fingerprint density at radius 1 is 1.15 bits per heavy atom. The van der Waals surface area contributed by atoms with Gasteiger partial charge in [0.05, 0.1) is 0 Å². The molecule has 2 heterocycles. The Morgan fingerprint density at radius 3 is 2.74 bits per heavy atom. The Kier molecular flexibility index (Phi) is 5.59. The minimum Gasteiger partial charge on any atom is -0.337 e. The van der Waals surface area contributed by atoms with Gasteiger partial charge in [-0.05, 0) is 69.4 Å². The Bertz CT molecular complexity index is 645. The molecule has 1 aliphatic carbocycles. The highest BCUT2D eigenvalue weighted by Gasteiger charge is 2.56. The summed E-state index contributed by atoms with van der Waals surface area (Å²) in [5, 5.41) is 0. The van der Waals surface area contributed by atoms with Crippen molar-refractivity contribution in [2.75, 3.05) is 13.6 Å². The van der Waals surface area contributed by atoms with Gasteiger partial charge in [-0.3, -0.25) is 9.69 Å². The van der Waals surface area contributed by atoms with Gasteiger partial charge in [-0.2, -0.15) is 0 Å². The maximum absolute atomic E-state index is 12.8. The third kappa shape index (κ3) is 3.44. The van der Waals surface area contributed by atoms with Crippen LogP contribution in [0.2, 0.25) is 0 Å². The van der Waals surface area contributed by atoms with Crippen LogP contribution in [0.3, 0.4) is 0 Å². The maximum Gasteiger partial charge on any atom is 0.223 e. The average molecular weight is 369 g/mol. The van der Waals surface area contributed by atoms with E-state index in [0.29, 0.717) is 17.9 Å². The van der Waals surface area contributed by atoms with Crippen LogP contribution in [0.5, 0.6) is 0 Å². The first-order chi connectivity index (χ1) is 13.2. The zero-order chi connectivity index (χ0) is 18.9. The van der Waals surface area contributed by atoms with Crippen LogP contribution in [0, 0.1) is 11.8 Å². The molecule has 27 heavy (non-hydrogen) atoms. The normalized spacial score (nSPS) is 33.7. The van der Waals surface area contributed by atoms with E-state index in [1.165, 1.54) is 50.5 Å². The van der Waals surface area contributed by atoms with Gasteiger partial charge in [0.15, 0.2) is 0 Å². The Morgan fingerprint density at radius 2 is 1.96 bits per heavy atom. The van der Waals surface area contributed by atoms with Gasteiger partial charge >= 0.3 is 0 Å². The van der Waals surface area contributed by atoms with E-state index in [1.807, 2.05) is 0 Å². The number of hydrogen-bond acceptors (Lipinski definition) is 2. The van der Waals surface area contributed by atoms with E-state index in [9.17, 15) is 4.79 Å². The number of hydrogen-bond donors (Lipinski definition) is 0. The molecule has 1 aromatic carbocycles. The van der Waals surface area contributed by atoms with Crippen LogP contribution in [-0.2, 0) is 11.3 Å². The predicted molar refractivity (Wildman–Crippen MR) is 110 cm³/mol. The molecule has 1 aromatic rings. The summed E-state index contributed by atoms with van der Waals surface area (Å²) < 4.78 is 0. The second kappa shape index (κ2) is 7.95. The number of nitrogens with zero attached hydrogens (tertiary/aromatic N) is 2. The van der Waals surface area contributed by atoms with Crippen LogP contribution in [0.4, 0.5) is 0 Å². The average Bonchev–Trinajstić information content (AvgIpc) is 3.03. The fraction of sp³-hybridized carbons (Fsp3) is 0.708. The van der Waals surface area contributed by atoms with Crippen molar-refractivity contribution in [3.63, 3.8) is 0 Å². The lowest BCUT2D eigenvalue weighted by atomic mass is 9.61. The number of benzene rings is 1. The molecule has 4 rings (SSSR count). The largest absolute Gasteiger partial charge is 0.337 e. The van der Waals surface area contributed by atoms with Crippen LogP contribution in [0.1, 0.15) is 70.3 Å². The molecule has 0 N–H and O–H groups in total. The molecule has 4 atom stereocenters. The maximum atomic E-state index is 12.8. The van der Waals surface area contributed by atoms with Crippen molar-refractivity contribution in [3.8, 4) is 0 Å². The van der Waals surface area contributed by atoms with Crippen molar-refractivity contribution >= 4 is 5.91 Å². The Labute approximate surface area is 165 Å². The summed E-state index contributed by atoms with van der Waals surface area (Å²) in [6.07, 6.45) is 10.6. The molecule has 148 valence electrons. The highest BCUT2D eigenvalue weighted by atomic mass is 16.2. The molecule has 1 amide bonds. The minimum absolute atomic E-state index is 0.192. The zero-order valence-electron chi connectivity index (χ0n) is 17.2. The fourth-order valence-corrected chi connectivity index (χ4v) is 6.74. The first-order valence-corrected chi connectivity index (χ1v) is 11.2. The van der Waals surface area contributed by atoms with Crippen LogP contribution in [0.15, 0.2) is 30.3 Å². The molecule has 0 radical (unpaired) electrons. The molecule has 0 bridgehead atoms. The quantitative estimate of drug-likeness (QED) is 0.741. The topological polar surface area (TPSA) is 23.6 Å². The SMILES string of the molecule is CCC[C@H]1[C@@H](N(C)Cc2ccccc2)CC[C@@]23CCCN2C(=O)CCC[C@@H]13. The number of carbonyl (C=O) groups excluding carboxylic acids is 1. The van der Waals surface area contributed by atoms with Gasteiger partial charge in [-0.15, -0.1) is 0 Å². The van der Waals surface area contributed by atoms with Gasteiger partial charge in [0.25, 0.3) is 0 Å². The van der Waals surface area contributed by atoms with Gasteiger partial charge in [-0.25, -0.2) is 0 Å². The van der Waals surface area contributed by atoms with E-state index in [0.717, 1.165) is 31.8 Å². The van der Waals surface area contributed by atoms with Gasteiger partial charge in [0.2, 0.25) is 5.91 Å². The lowest BCUT2D eigenvalue weighted by Gasteiger charge is -2.54. The summed E-state index contributed by atoms with van der Waals surface area (Å²) in [7, 11) is 2.33. The standard InChI is InChI=1S/C24H36N2O/c1-3-9-20-21-12-7-13-23(27)26-17-8-15-24(21,26)16-14-22(20)25(2)18-19-10-5-4-6-11-19/h4-6,10-11,20-22H,3,7-9,12-18H2,1-2H3/t20-,21+,22+,24-/m1/s1. The van der Waals surface area contributed by atoms with Crippen molar-refractivity contribution in [1.82, 2.24) is 9.80 Å². The Balaban J connectivity index is 1.59. The van der Waals surface area contributed by atoms with Crippen molar-refractivity contribution in [3.05, 3.63) is 35.9 Å². The van der Waals surface area contributed by atoms with Crippen molar-refractivity contribution in [1.29, 1.82) is 0 Å². The summed E-state index contributed by atoms with van der Waals surface area (Å²) in [5.74, 6) is 1.87. The first-order valence-electron chi connectivity index (χ1n) is 11.2. The van der Waals surface area contributed by atoms with E-state index >= 15 is 0 Å². The predicted octanol–water partition coefficient (Wildman–Crippen LogP) is 4.86. The van der Waals surface area contributed by atoms with E-state index in [-0.39, 0.29) is 5.54 Å². The number of carbonyl (C=O) groups is 1. The van der Waals surface area contributed by atoms with E-state index in [1.54, 1.807) is 0 Å². The highest BCUT2D eigenvalue weighted by molar-refractivity contribution is 5.78. The molecule has 3 aliphatic rings. The van der Waals surface area contributed by atoms with Crippen LogP contribution in [-0.4, -0.2) is 40.9 Å². The molecular weight excluding hydrogens is 332 g/mol. The van der Waals surface area contributed by atoms with Gasteiger partial charge in [-0.1, -0.05) is 43.7 Å². The highest BCUT2D eigenvalue weighted by Crippen LogP contribution is 2.53. The molecule has 2 aliphatic heterocycles. The van der Waals surface area contributed by atoms with Gasteiger partial charge in [0.1, 0.15) is 0 Å². The Hall–Kier alpha value is -1.35. The summed E-state index contributed by atoms with van der Waals surface area (Å²) >= 11 is 0. The smallest absolute Gasteiger partial charge is 0.223 e. The lowest BCUT2D eigenvalue weighted by molar-refractivity contribution is -0.139. The van der Waals surface area contributed by atoms with E-state index in [4.69, 9.17) is 0 Å². The number of amides is 1. The first kappa shape index (κ1) is 19.0. The van der Waals surface area contributed by atoms with Crippen molar-refractivity contribution in [2.45, 2.75) is 82.8 Å². The second-order valence-corrected chi connectivity index (χ2v) is 9.21. The molecule has 3 fully saturated rings. The molecule has 1 saturated carbocycles. The van der Waals surface area contributed by atoms with Crippen molar-refractivity contribution in [2.24, 2.45) is 11.8 Å². The van der Waals surface area contributed by atoms with Crippen LogP contribution < -0.4 is 0 Å². The molecule has 0 aromatic heterocycles. The van der Waals surface area contributed by atoms with Gasteiger partial charge < -0.3 is 4.90 Å². The van der Waals surface area contributed by atoms with E-state index in [2.05, 4.69) is 54.1 Å². The number of rotatable bonds is 5. The molecule has 0 unspecified atom stereocenters. The van der Waals surface area contributed by atoms with Gasteiger partial charge in [0, 0.05) is 31.1 Å². The minimum atomic E-state index is 0.192. The fourth-order valence-electron chi connectivity index (χ4n) is 6.74. The van der Waals surface area contributed by atoms with E-state index < -0.39 is 0 Å². The second-order valence-electron chi connectivity index (χ2n) is 9.21.